The number of non-ortho nitro benzene ring substituents is 1. The number of carbonyl (C=O) groups excluding carboxylic acids is 1. The molecule has 7 nitrogen and oxygen atoms in total. The fraction of sp³-hybridized carbons (Fsp3) is 0.533. The van der Waals surface area contributed by atoms with Crippen molar-refractivity contribution >= 4 is 23.2 Å². The molecular formula is C15H20ClN3O4. The highest BCUT2D eigenvalue weighted by molar-refractivity contribution is 6.31. The largest absolute Gasteiger partial charge is 0.378 e. The Morgan fingerprint density at radius 1 is 1.39 bits per heavy atom. The zero-order valence-electron chi connectivity index (χ0n) is 13.1. The Bertz CT molecular complexity index is 590. The van der Waals surface area contributed by atoms with Crippen LogP contribution in [0.4, 0.5) is 5.69 Å². The molecule has 1 aromatic rings. The van der Waals surface area contributed by atoms with Crippen LogP contribution < -0.4 is 5.32 Å². The maximum Gasteiger partial charge on any atom is 0.270 e. The van der Waals surface area contributed by atoms with Crippen LogP contribution in [0.15, 0.2) is 18.2 Å². The van der Waals surface area contributed by atoms with E-state index in [0.29, 0.717) is 31.3 Å². The minimum Gasteiger partial charge on any atom is -0.378 e. The first-order chi connectivity index (χ1) is 10.9. The van der Waals surface area contributed by atoms with Crippen LogP contribution in [-0.4, -0.2) is 48.1 Å². The van der Waals surface area contributed by atoms with E-state index in [1.807, 2.05) is 6.92 Å². The van der Waals surface area contributed by atoms with Crippen molar-refractivity contribution in [3.63, 3.8) is 0 Å². The number of hydrogen-bond donors (Lipinski definition) is 1. The number of nitro benzene ring substituents is 1. The summed E-state index contributed by atoms with van der Waals surface area (Å²) in [5.41, 5.74) is 0.669. The summed E-state index contributed by atoms with van der Waals surface area (Å²) in [7, 11) is 0. The normalized spacial score (nSPS) is 17.6. The van der Waals surface area contributed by atoms with Gasteiger partial charge in [-0.15, -0.1) is 0 Å². The molecule has 0 aliphatic carbocycles. The first kappa shape index (κ1) is 17.7. The lowest BCUT2D eigenvalue weighted by Gasteiger charge is -2.30. The van der Waals surface area contributed by atoms with Crippen molar-refractivity contribution in [2.24, 2.45) is 0 Å². The van der Waals surface area contributed by atoms with Crippen LogP contribution in [0, 0.1) is 10.1 Å². The van der Waals surface area contributed by atoms with Crippen molar-refractivity contribution in [3.8, 4) is 0 Å². The van der Waals surface area contributed by atoms with Crippen LogP contribution in [0.2, 0.25) is 5.02 Å². The number of morpholine rings is 1. The fourth-order valence-electron chi connectivity index (χ4n) is 2.57. The quantitative estimate of drug-likeness (QED) is 0.655. The monoisotopic (exact) mass is 341 g/mol. The molecule has 2 atom stereocenters. The second-order valence-electron chi connectivity index (χ2n) is 5.51. The Hall–Kier alpha value is -1.70. The molecule has 1 fully saturated rings. The van der Waals surface area contributed by atoms with Gasteiger partial charge in [-0.1, -0.05) is 11.6 Å². The van der Waals surface area contributed by atoms with Crippen molar-refractivity contribution in [1.29, 1.82) is 0 Å². The molecule has 23 heavy (non-hydrogen) atoms. The summed E-state index contributed by atoms with van der Waals surface area (Å²) >= 11 is 6.12. The van der Waals surface area contributed by atoms with Gasteiger partial charge in [-0.3, -0.25) is 20.2 Å². The van der Waals surface area contributed by atoms with Gasteiger partial charge in [-0.2, -0.15) is 0 Å². The number of benzene rings is 1. The third-order valence-electron chi connectivity index (χ3n) is 3.85. The van der Waals surface area contributed by atoms with Crippen LogP contribution in [-0.2, 0) is 9.53 Å². The maximum atomic E-state index is 12.4. The summed E-state index contributed by atoms with van der Waals surface area (Å²) < 4.78 is 5.24. The van der Waals surface area contributed by atoms with Gasteiger partial charge in [0.15, 0.2) is 0 Å². The average Bonchev–Trinajstić information content (AvgIpc) is 2.54. The lowest BCUT2D eigenvalue weighted by Crippen LogP contribution is -2.49. The molecule has 126 valence electrons. The molecule has 1 heterocycles. The molecule has 0 saturated carbocycles. The Kier molecular flexibility index (Phi) is 5.92. The minimum absolute atomic E-state index is 0.0122. The fourth-order valence-corrected chi connectivity index (χ4v) is 2.91. The van der Waals surface area contributed by atoms with Crippen LogP contribution in [0.5, 0.6) is 0 Å². The van der Waals surface area contributed by atoms with E-state index < -0.39 is 4.92 Å². The molecule has 0 aromatic heterocycles. The van der Waals surface area contributed by atoms with Crippen LogP contribution in [0.25, 0.3) is 0 Å². The average molecular weight is 342 g/mol. The molecule has 2 rings (SSSR count). The number of nitrogens with one attached hydrogen (secondary N) is 1. The summed E-state index contributed by atoms with van der Waals surface area (Å²) in [5.74, 6) is 0.0122. The highest BCUT2D eigenvalue weighted by atomic mass is 35.5. The number of hydrogen-bond acceptors (Lipinski definition) is 5. The Morgan fingerprint density at radius 2 is 2.04 bits per heavy atom. The smallest absolute Gasteiger partial charge is 0.270 e. The second kappa shape index (κ2) is 7.72. The highest BCUT2D eigenvalue weighted by Crippen LogP contribution is 2.27. The van der Waals surface area contributed by atoms with Gasteiger partial charge in [-0.25, -0.2) is 0 Å². The third-order valence-corrected chi connectivity index (χ3v) is 4.18. The van der Waals surface area contributed by atoms with E-state index in [4.69, 9.17) is 16.3 Å². The minimum atomic E-state index is -0.488. The van der Waals surface area contributed by atoms with Gasteiger partial charge >= 0.3 is 0 Å². The lowest BCUT2D eigenvalue weighted by molar-refractivity contribution is -0.384. The first-order valence-corrected chi connectivity index (χ1v) is 7.84. The number of amides is 1. The number of carbonyl (C=O) groups is 1. The van der Waals surface area contributed by atoms with Crippen molar-refractivity contribution < 1.29 is 14.5 Å². The molecule has 1 aliphatic rings. The predicted octanol–water partition coefficient (Wildman–Crippen LogP) is 2.15. The number of rotatable bonds is 5. The van der Waals surface area contributed by atoms with E-state index in [9.17, 15) is 14.9 Å². The summed E-state index contributed by atoms with van der Waals surface area (Å²) in [6, 6.07) is 3.76. The van der Waals surface area contributed by atoms with E-state index in [-0.39, 0.29) is 23.7 Å². The van der Waals surface area contributed by atoms with Gasteiger partial charge < -0.3 is 9.64 Å². The second-order valence-corrected chi connectivity index (χ2v) is 5.92. The highest BCUT2D eigenvalue weighted by Gasteiger charge is 2.24. The van der Waals surface area contributed by atoms with E-state index in [1.54, 1.807) is 17.9 Å². The molecule has 0 spiro atoms. The number of ether oxygens (including phenoxy) is 1. The van der Waals surface area contributed by atoms with Crippen molar-refractivity contribution in [2.45, 2.75) is 25.9 Å². The predicted molar refractivity (Wildman–Crippen MR) is 86.5 cm³/mol. The van der Waals surface area contributed by atoms with E-state index in [2.05, 4.69) is 5.32 Å². The summed E-state index contributed by atoms with van der Waals surface area (Å²) in [4.78, 5) is 24.4. The summed E-state index contributed by atoms with van der Waals surface area (Å²) in [6.45, 7) is 5.98. The number of halogens is 1. The van der Waals surface area contributed by atoms with Gasteiger partial charge in [0, 0.05) is 31.3 Å². The Morgan fingerprint density at radius 3 is 2.61 bits per heavy atom. The Labute approximate surface area is 139 Å². The first-order valence-electron chi connectivity index (χ1n) is 7.46. The molecule has 0 unspecified atom stereocenters. The van der Waals surface area contributed by atoms with Gasteiger partial charge in [0.2, 0.25) is 5.91 Å². The molecule has 0 radical (unpaired) electrons. The van der Waals surface area contributed by atoms with E-state index in [1.165, 1.54) is 12.1 Å². The van der Waals surface area contributed by atoms with Crippen LogP contribution in [0.3, 0.4) is 0 Å². The van der Waals surface area contributed by atoms with Gasteiger partial charge in [0.25, 0.3) is 5.69 Å². The van der Waals surface area contributed by atoms with Gasteiger partial charge in [0.05, 0.1) is 29.2 Å². The van der Waals surface area contributed by atoms with Crippen molar-refractivity contribution in [3.05, 3.63) is 38.9 Å². The third kappa shape index (κ3) is 4.40. The van der Waals surface area contributed by atoms with Gasteiger partial charge in [-0.05, 0) is 25.5 Å². The molecule has 1 aromatic carbocycles. The number of nitrogens with zero attached hydrogens (tertiary/aromatic N) is 2. The van der Waals surface area contributed by atoms with Crippen LogP contribution in [0.1, 0.15) is 25.5 Å². The number of nitro groups is 1. The van der Waals surface area contributed by atoms with E-state index in [0.717, 1.165) is 5.56 Å². The SMILES string of the molecule is C[C@H](N[C@H](C)C(=O)N1CCOCC1)c1ccc([N+](=O)[O-])cc1Cl. The van der Waals surface area contributed by atoms with Gasteiger partial charge in [0.1, 0.15) is 0 Å². The summed E-state index contributed by atoms with van der Waals surface area (Å²) in [5, 5.41) is 14.3. The summed E-state index contributed by atoms with van der Waals surface area (Å²) in [6.07, 6.45) is 0. The van der Waals surface area contributed by atoms with Crippen molar-refractivity contribution in [1.82, 2.24) is 10.2 Å². The molecule has 1 aliphatic heterocycles. The molecule has 8 heteroatoms. The Balaban J connectivity index is 2.01. The van der Waals surface area contributed by atoms with E-state index >= 15 is 0 Å². The molecule has 1 N–H and O–H groups in total. The molecule has 1 saturated heterocycles. The lowest BCUT2D eigenvalue weighted by atomic mass is 10.1. The molecular weight excluding hydrogens is 322 g/mol. The standard InChI is InChI=1S/C15H20ClN3O4/c1-10(13-4-3-12(19(21)22)9-14(13)16)17-11(2)15(20)18-5-7-23-8-6-18/h3-4,9-11,17H,5-8H2,1-2H3/t10-,11+/m0/s1. The maximum absolute atomic E-state index is 12.4. The van der Waals surface area contributed by atoms with Crippen LogP contribution >= 0.6 is 11.6 Å². The molecule has 1 amide bonds. The topological polar surface area (TPSA) is 84.7 Å². The molecule has 0 bridgehead atoms. The zero-order valence-corrected chi connectivity index (χ0v) is 13.9. The van der Waals surface area contributed by atoms with Crippen molar-refractivity contribution in [2.75, 3.05) is 26.3 Å². The zero-order chi connectivity index (χ0) is 17.0.